The highest BCUT2D eigenvalue weighted by Crippen LogP contribution is 2.08. The molecule has 5 nitrogen and oxygen atoms in total. The number of rotatable bonds is 4. The Bertz CT molecular complexity index is 616. The first-order valence-corrected chi connectivity index (χ1v) is 5.97. The Balaban J connectivity index is 2.44. The molecule has 94 valence electrons. The Morgan fingerprint density at radius 2 is 2.11 bits per heavy atom. The van der Waals surface area contributed by atoms with Gasteiger partial charge < -0.3 is 5.11 Å². The molecular weight excluding hydrogens is 250 g/mol. The van der Waals surface area contributed by atoms with E-state index in [4.69, 9.17) is 17.3 Å². The number of benzene rings is 1. The van der Waals surface area contributed by atoms with E-state index in [2.05, 4.69) is 5.10 Å². The van der Waals surface area contributed by atoms with Crippen LogP contribution in [0.1, 0.15) is 12.2 Å². The lowest BCUT2D eigenvalue weighted by Crippen LogP contribution is -2.33. The summed E-state index contributed by atoms with van der Waals surface area (Å²) in [6, 6.07) is 9.66. The van der Waals surface area contributed by atoms with E-state index in [0.717, 1.165) is 11.5 Å². The molecule has 6 heteroatoms. The number of carboxylic acid groups (broad SMARTS) is 1. The number of aliphatic carboxylic acids is 1. The highest BCUT2D eigenvalue weighted by molar-refractivity contribution is 7.71. The molecule has 2 aromatic rings. The van der Waals surface area contributed by atoms with E-state index < -0.39 is 5.97 Å². The van der Waals surface area contributed by atoms with Gasteiger partial charge in [-0.1, -0.05) is 18.2 Å². The molecule has 2 N–H and O–H groups in total. The number of hydrogen-bond donors (Lipinski definition) is 2. The minimum absolute atomic E-state index is 0.0767. The molecule has 0 saturated heterocycles. The van der Waals surface area contributed by atoms with E-state index in [1.165, 1.54) is 0 Å². The van der Waals surface area contributed by atoms with Crippen LogP contribution in [0.4, 0.5) is 0 Å². The van der Waals surface area contributed by atoms with Gasteiger partial charge in [0.25, 0.3) is 0 Å². The molecule has 1 aromatic heterocycles. The van der Waals surface area contributed by atoms with Crippen molar-refractivity contribution in [3.8, 4) is 5.69 Å². The zero-order valence-electron chi connectivity index (χ0n) is 9.96. The molecule has 1 heterocycles. The van der Waals surface area contributed by atoms with Gasteiger partial charge in [-0.2, -0.15) is 0 Å². The normalized spacial score (nSPS) is 10.5. The van der Waals surface area contributed by atoms with Gasteiger partial charge in [0.05, 0.1) is 13.5 Å². The highest BCUT2D eigenvalue weighted by atomic mass is 32.1. The maximum atomic E-state index is 10.7. The van der Waals surface area contributed by atoms with Crippen molar-refractivity contribution in [2.75, 3.05) is 0 Å². The zero-order valence-corrected chi connectivity index (χ0v) is 10.8. The molecule has 0 aliphatic rings. The van der Waals surface area contributed by atoms with E-state index in [1.807, 2.05) is 42.1 Å². The van der Waals surface area contributed by atoms with Crippen LogP contribution in [0.2, 0.25) is 0 Å². The van der Waals surface area contributed by atoms with Crippen molar-refractivity contribution in [1.29, 1.82) is 0 Å². The number of aromatic amines is 1. The summed E-state index contributed by atoms with van der Waals surface area (Å²) in [5, 5.41) is 11.8. The lowest BCUT2D eigenvalue weighted by Gasteiger charge is -2.00. The van der Waals surface area contributed by atoms with Gasteiger partial charge in [0, 0.05) is 6.42 Å². The van der Waals surface area contributed by atoms with E-state index in [1.54, 1.807) is 4.57 Å². The Labute approximate surface area is 109 Å². The van der Waals surface area contributed by atoms with E-state index in [0.29, 0.717) is 11.2 Å². The number of hydrogen-bond acceptors (Lipinski definition) is 2. The third-order valence-electron chi connectivity index (χ3n) is 2.73. The van der Waals surface area contributed by atoms with Gasteiger partial charge in [-0.05, 0) is 24.4 Å². The van der Waals surface area contributed by atoms with Gasteiger partial charge in [-0.15, -0.1) is 9.78 Å². The number of nitrogens with zero attached hydrogens (tertiary/aromatic N) is 2. The molecule has 0 atom stereocenters. The predicted molar refractivity (Wildman–Crippen MR) is 68.1 cm³/mol. The largest absolute Gasteiger partial charge is 0.481 e. The van der Waals surface area contributed by atoms with Crippen molar-refractivity contribution in [3.05, 3.63) is 40.9 Å². The Hall–Kier alpha value is -1.95. The van der Waals surface area contributed by atoms with Crippen LogP contribution in [-0.4, -0.2) is 20.9 Å². The fourth-order valence-corrected chi connectivity index (χ4v) is 1.99. The fourth-order valence-electron chi connectivity index (χ4n) is 1.79. The first-order chi connectivity index (χ1) is 8.59. The molecule has 0 fully saturated rings. The lowest BCUT2D eigenvalue weighted by atomic mass is 10.2. The molecule has 0 spiro atoms. The number of aromatic nitrogens is 3. The van der Waals surface area contributed by atoms with Crippen LogP contribution in [0, 0.1) is 4.77 Å². The van der Waals surface area contributed by atoms with Gasteiger partial charge in [-0.25, -0.2) is 4.57 Å². The first kappa shape index (κ1) is 12.5. The third-order valence-corrected chi connectivity index (χ3v) is 3.10. The van der Waals surface area contributed by atoms with Gasteiger partial charge >= 0.3 is 10.7 Å². The maximum Gasteiger partial charge on any atom is 0.323 e. The van der Waals surface area contributed by atoms with E-state index >= 15 is 0 Å². The van der Waals surface area contributed by atoms with Gasteiger partial charge in [-0.3, -0.25) is 4.79 Å². The van der Waals surface area contributed by atoms with Crippen molar-refractivity contribution < 1.29 is 14.5 Å². The molecule has 0 radical (unpaired) electrons. The second-order valence-electron chi connectivity index (χ2n) is 3.96. The summed E-state index contributed by atoms with van der Waals surface area (Å²) >= 11 is 5.18. The summed E-state index contributed by atoms with van der Waals surface area (Å²) in [5.41, 5.74) is 0.935. The molecule has 0 unspecified atom stereocenters. The van der Waals surface area contributed by atoms with Crippen molar-refractivity contribution in [1.82, 2.24) is 9.78 Å². The average Bonchev–Trinajstić information content (AvgIpc) is 2.64. The number of carboxylic acids is 1. The molecule has 0 saturated carbocycles. The Morgan fingerprint density at radius 1 is 1.44 bits per heavy atom. The minimum atomic E-state index is -0.818. The fraction of sp³-hybridized carbons (Fsp3) is 0.250. The van der Waals surface area contributed by atoms with Crippen LogP contribution in [0.15, 0.2) is 30.3 Å². The molecular formula is C12H14N3O2S+. The summed E-state index contributed by atoms with van der Waals surface area (Å²) in [4.78, 5) is 10.7. The third kappa shape index (κ3) is 2.48. The standard InChI is InChI=1S/C12H13N3O2S/c1-14-10(7-8-11(16)17)15(13-12(14)18)9-5-3-2-4-6-9/h2-6H,7-8H2,1H3,(H-,13,16,17,18)/p+1. The molecule has 0 aliphatic heterocycles. The summed E-state index contributed by atoms with van der Waals surface area (Å²) in [6.07, 6.45) is 0.501. The second kappa shape index (κ2) is 5.14. The Kier molecular flexibility index (Phi) is 3.57. The summed E-state index contributed by atoms with van der Waals surface area (Å²) < 4.78 is 4.19. The molecule has 18 heavy (non-hydrogen) atoms. The summed E-state index contributed by atoms with van der Waals surface area (Å²) in [6.45, 7) is 0. The molecule has 0 bridgehead atoms. The summed E-state index contributed by atoms with van der Waals surface area (Å²) in [5.74, 6) is 0.0235. The zero-order chi connectivity index (χ0) is 13.1. The lowest BCUT2D eigenvalue weighted by molar-refractivity contribution is -0.686. The number of carbonyl (C=O) groups is 1. The van der Waals surface area contributed by atoms with Crippen molar-refractivity contribution in [3.63, 3.8) is 0 Å². The minimum Gasteiger partial charge on any atom is -0.481 e. The van der Waals surface area contributed by atoms with Gasteiger partial charge in [0.2, 0.25) is 5.82 Å². The van der Waals surface area contributed by atoms with Crippen LogP contribution in [0.5, 0.6) is 0 Å². The molecule has 0 aliphatic carbocycles. The van der Waals surface area contributed by atoms with Crippen LogP contribution in [0.3, 0.4) is 0 Å². The van der Waals surface area contributed by atoms with Crippen LogP contribution >= 0.6 is 12.2 Å². The van der Waals surface area contributed by atoms with Crippen LogP contribution in [-0.2, 0) is 18.3 Å². The van der Waals surface area contributed by atoms with Crippen molar-refractivity contribution >= 4 is 18.2 Å². The first-order valence-electron chi connectivity index (χ1n) is 5.56. The van der Waals surface area contributed by atoms with Gasteiger partial charge in [0.15, 0.2) is 0 Å². The topological polar surface area (TPSA) is 61.9 Å². The number of para-hydroxylation sites is 1. The van der Waals surface area contributed by atoms with Gasteiger partial charge in [0.1, 0.15) is 5.69 Å². The second-order valence-corrected chi connectivity index (χ2v) is 4.34. The SMILES string of the molecule is C[n+]1c(CCC(=O)O)n(-c2ccccc2)[nH]c1=S. The van der Waals surface area contributed by atoms with E-state index in [-0.39, 0.29) is 6.42 Å². The Morgan fingerprint density at radius 3 is 2.72 bits per heavy atom. The van der Waals surface area contributed by atoms with Crippen molar-refractivity contribution in [2.45, 2.75) is 12.8 Å². The highest BCUT2D eigenvalue weighted by Gasteiger charge is 2.18. The maximum absolute atomic E-state index is 10.7. The smallest absolute Gasteiger partial charge is 0.323 e. The molecule has 2 rings (SSSR count). The van der Waals surface area contributed by atoms with E-state index in [9.17, 15) is 4.79 Å². The number of nitrogens with one attached hydrogen (secondary N) is 1. The predicted octanol–water partition coefficient (Wildman–Crippen LogP) is 1.38. The monoisotopic (exact) mass is 264 g/mol. The quantitative estimate of drug-likeness (QED) is 0.648. The average molecular weight is 264 g/mol. The van der Waals surface area contributed by atoms with Crippen molar-refractivity contribution in [2.24, 2.45) is 7.05 Å². The number of H-pyrrole nitrogens is 1. The summed E-state index contributed by atoms with van der Waals surface area (Å²) in [7, 11) is 1.83. The van der Waals surface area contributed by atoms with Crippen LogP contribution < -0.4 is 4.57 Å². The van der Waals surface area contributed by atoms with Crippen LogP contribution in [0.25, 0.3) is 5.69 Å². The molecule has 0 amide bonds. The molecule has 1 aromatic carbocycles.